The zero-order valence-corrected chi connectivity index (χ0v) is 6.64. The summed E-state index contributed by atoms with van der Waals surface area (Å²) in [5.41, 5.74) is 0.431. The lowest BCUT2D eigenvalue weighted by Crippen LogP contribution is -2.56. The Morgan fingerprint density at radius 1 is 1.50 bits per heavy atom. The second-order valence-electron chi connectivity index (χ2n) is 4.03. The van der Waals surface area contributed by atoms with Gasteiger partial charge in [0.25, 0.3) is 0 Å². The lowest BCUT2D eigenvalue weighted by Gasteiger charge is -2.58. The van der Waals surface area contributed by atoms with E-state index in [0.717, 1.165) is 0 Å². The van der Waals surface area contributed by atoms with Gasteiger partial charge >= 0.3 is 0 Å². The molecule has 2 aliphatic carbocycles. The molecule has 0 saturated heterocycles. The van der Waals surface area contributed by atoms with E-state index in [-0.39, 0.29) is 6.10 Å². The van der Waals surface area contributed by atoms with Crippen molar-refractivity contribution in [1.82, 2.24) is 0 Å². The van der Waals surface area contributed by atoms with Crippen LogP contribution in [0.4, 0.5) is 0 Å². The van der Waals surface area contributed by atoms with Crippen molar-refractivity contribution in [3.8, 4) is 0 Å². The first-order valence-electron chi connectivity index (χ1n) is 4.46. The smallest absolute Gasteiger partial charge is 0.0624 e. The van der Waals surface area contributed by atoms with E-state index in [2.05, 4.69) is 6.92 Å². The maximum absolute atomic E-state index is 9.68. The molecule has 0 aromatic rings. The molecule has 10 heavy (non-hydrogen) atoms. The van der Waals surface area contributed by atoms with Crippen LogP contribution >= 0.6 is 0 Å². The highest BCUT2D eigenvalue weighted by atomic mass is 16.3. The summed E-state index contributed by atoms with van der Waals surface area (Å²) in [5.74, 6) is 0.639. The van der Waals surface area contributed by atoms with Gasteiger partial charge in [0.15, 0.2) is 0 Å². The molecule has 1 spiro atoms. The topological polar surface area (TPSA) is 20.2 Å². The second-order valence-corrected chi connectivity index (χ2v) is 4.03. The van der Waals surface area contributed by atoms with Crippen LogP contribution in [-0.2, 0) is 0 Å². The van der Waals surface area contributed by atoms with E-state index in [1.165, 1.54) is 32.1 Å². The summed E-state index contributed by atoms with van der Waals surface area (Å²) >= 11 is 0. The summed E-state index contributed by atoms with van der Waals surface area (Å²) in [5, 5.41) is 9.68. The lowest BCUT2D eigenvalue weighted by atomic mass is 9.49. The Morgan fingerprint density at radius 3 is 2.50 bits per heavy atom. The molecule has 1 nitrogen and oxygen atoms in total. The second kappa shape index (κ2) is 1.97. The van der Waals surface area contributed by atoms with Crippen LogP contribution in [0.2, 0.25) is 0 Å². The van der Waals surface area contributed by atoms with Gasteiger partial charge in [0.1, 0.15) is 0 Å². The minimum atomic E-state index is 0.0613. The molecule has 2 fully saturated rings. The van der Waals surface area contributed by atoms with Crippen molar-refractivity contribution in [3.05, 3.63) is 0 Å². The van der Waals surface area contributed by atoms with Gasteiger partial charge in [0.05, 0.1) is 6.10 Å². The van der Waals surface area contributed by atoms with Gasteiger partial charge in [0.2, 0.25) is 0 Å². The van der Waals surface area contributed by atoms with Gasteiger partial charge in [0, 0.05) is 0 Å². The molecule has 0 heterocycles. The van der Waals surface area contributed by atoms with Crippen molar-refractivity contribution in [1.29, 1.82) is 0 Å². The third-order valence-electron chi connectivity index (χ3n) is 3.62. The van der Waals surface area contributed by atoms with E-state index in [9.17, 15) is 5.11 Å². The molecular formula is C9H16O. The Hall–Kier alpha value is -0.0400. The van der Waals surface area contributed by atoms with Crippen LogP contribution in [0.5, 0.6) is 0 Å². The minimum Gasteiger partial charge on any atom is -0.392 e. The van der Waals surface area contributed by atoms with Gasteiger partial charge in [-0.1, -0.05) is 19.8 Å². The molecule has 2 atom stereocenters. The standard InChI is InChI=1S/C9H16O/c1-2-7-6-9(8(7)10)4-3-5-9/h7-8,10H,2-6H2,1H3. The Bertz CT molecular complexity index is 138. The van der Waals surface area contributed by atoms with E-state index in [0.29, 0.717) is 11.3 Å². The van der Waals surface area contributed by atoms with Gasteiger partial charge in [-0.3, -0.25) is 0 Å². The third kappa shape index (κ3) is 0.619. The summed E-state index contributed by atoms with van der Waals surface area (Å²) in [6, 6.07) is 0. The van der Waals surface area contributed by atoms with Crippen LogP contribution in [0.3, 0.4) is 0 Å². The van der Waals surface area contributed by atoms with Crippen LogP contribution in [0, 0.1) is 11.3 Å². The van der Waals surface area contributed by atoms with Crippen molar-refractivity contribution in [2.75, 3.05) is 0 Å². The number of hydrogen-bond donors (Lipinski definition) is 1. The van der Waals surface area contributed by atoms with Crippen LogP contribution < -0.4 is 0 Å². The van der Waals surface area contributed by atoms with Crippen molar-refractivity contribution >= 4 is 0 Å². The van der Waals surface area contributed by atoms with E-state index in [1.807, 2.05) is 0 Å². The summed E-state index contributed by atoms with van der Waals surface area (Å²) in [7, 11) is 0. The Balaban J connectivity index is 1.95. The molecular weight excluding hydrogens is 124 g/mol. The summed E-state index contributed by atoms with van der Waals surface area (Å²) < 4.78 is 0. The predicted octanol–water partition coefficient (Wildman–Crippen LogP) is 1.95. The van der Waals surface area contributed by atoms with Crippen molar-refractivity contribution in [2.45, 2.75) is 45.1 Å². The first-order chi connectivity index (χ1) is 4.78. The summed E-state index contributed by atoms with van der Waals surface area (Å²) in [6.07, 6.45) is 6.49. The monoisotopic (exact) mass is 140 g/mol. The van der Waals surface area contributed by atoms with Gasteiger partial charge in [-0.15, -0.1) is 0 Å². The molecule has 2 saturated carbocycles. The van der Waals surface area contributed by atoms with Gasteiger partial charge in [-0.05, 0) is 30.6 Å². The number of hydrogen-bond acceptors (Lipinski definition) is 1. The molecule has 1 N–H and O–H groups in total. The lowest BCUT2D eigenvalue weighted by molar-refractivity contribution is -0.164. The number of rotatable bonds is 1. The average Bonchev–Trinajstić information content (AvgIpc) is 1.83. The van der Waals surface area contributed by atoms with Crippen molar-refractivity contribution in [2.24, 2.45) is 11.3 Å². The highest BCUT2D eigenvalue weighted by Gasteiger charge is 2.55. The SMILES string of the molecule is CCC1CC2(CCC2)C1O. The van der Waals surface area contributed by atoms with Crippen LogP contribution in [0.1, 0.15) is 39.0 Å². The number of aliphatic hydroxyl groups excluding tert-OH is 1. The van der Waals surface area contributed by atoms with Crippen LogP contribution in [0.25, 0.3) is 0 Å². The molecule has 2 aliphatic rings. The molecule has 0 aromatic heterocycles. The van der Waals surface area contributed by atoms with Gasteiger partial charge in [-0.2, -0.15) is 0 Å². The molecule has 2 unspecified atom stereocenters. The maximum atomic E-state index is 9.68. The third-order valence-corrected chi connectivity index (χ3v) is 3.62. The molecule has 0 amide bonds. The van der Waals surface area contributed by atoms with Gasteiger partial charge < -0.3 is 5.11 Å². The van der Waals surface area contributed by atoms with Crippen LogP contribution in [-0.4, -0.2) is 11.2 Å². The van der Waals surface area contributed by atoms with Crippen LogP contribution in [0.15, 0.2) is 0 Å². The van der Waals surface area contributed by atoms with E-state index < -0.39 is 0 Å². The molecule has 0 radical (unpaired) electrons. The Kier molecular flexibility index (Phi) is 1.31. The van der Waals surface area contributed by atoms with Crippen molar-refractivity contribution in [3.63, 3.8) is 0 Å². The maximum Gasteiger partial charge on any atom is 0.0624 e. The molecule has 0 bridgehead atoms. The summed E-state index contributed by atoms with van der Waals surface area (Å²) in [6.45, 7) is 2.18. The fourth-order valence-corrected chi connectivity index (χ4v) is 2.59. The molecule has 58 valence electrons. The zero-order chi connectivity index (χ0) is 7.19. The van der Waals surface area contributed by atoms with Gasteiger partial charge in [-0.25, -0.2) is 0 Å². The van der Waals surface area contributed by atoms with E-state index >= 15 is 0 Å². The van der Waals surface area contributed by atoms with Crippen molar-refractivity contribution < 1.29 is 5.11 Å². The normalized spacial score (nSPS) is 42.6. The summed E-state index contributed by atoms with van der Waals surface area (Å²) in [4.78, 5) is 0. The quantitative estimate of drug-likeness (QED) is 0.590. The fraction of sp³-hybridized carbons (Fsp3) is 1.00. The zero-order valence-electron chi connectivity index (χ0n) is 6.64. The highest BCUT2D eigenvalue weighted by Crippen LogP contribution is 2.59. The first-order valence-corrected chi connectivity index (χ1v) is 4.46. The molecule has 1 heteroatoms. The highest BCUT2D eigenvalue weighted by molar-refractivity contribution is 5.05. The van der Waals surface area contributed by atoms with E-state index in [1.54, 1.807) is 0 Å². The average molecular weight is 140 g/mol. The fourth-order valence-electron chi connectivity index (χ4n) is 2.59. The molecule has 2 rings (SSSR count). The largest absolute Gasteiger partial charge is 0.392 e. The Labute approximate surface area is 62.4 Å². The number of aliphatic hydroxyl groups is 1. The molecule has 0 aliphatic heterocycles. The van der Waals surface area contributed by atoms with E-state index in [4.69, 9.17) is 0 Å². The predicted molar refractivity (Wildman–Crippen MR) is 40.7 cm³/mol. The Morgan fingerprint density at radius 2 is 2.20 bits per heavy atom. The minimum absolute atomic E-state index is 0.0613. The molecule has 0 aromatic carbocycles. The first kappa shape index (κ1) is 6.66.